The largest absolute Gasteiger partial charge is 0.495 e. The molecule has 1 aromatic heterocycles. The standard InChI is InChI=1S/C24H27N3O6S/c1-5-32-20-10-7-18(8-11-20)27-34(29,30)22-14-19(9-12-21(22)31-4)26-24(28)17-6-13-23(25-15-17)33-16(2)3/h6-16,27H,5H2,1-4H3,(H,26,28). The third-order valence-electron chi connectivity index (χ3n) is 4.48. The number of aromatic nitrogens is 1. The molecule has 10 heteroatoms. The van der Waals surface area contributed by atoms with Crippen LogP contribution in [0.4, 0.5) is 11.4 Å². The third-order valence-corrected chi connectivity index (χ3v) is 5.89. The summed E-state index contributed by atoms with van der Waals surface area (Å²) >= 11 is 0. The van der Waals surface area contributed by atoms with Crippen molar-refractivity contribution in [2.45, 2.75) is 31.8 Å². The molecule has 2 N–H and O–H groups in total. The Hall–Kier alpha value is -3.79. The number of carbonyl (C=O) groups is 1. The average Bonchev–Trinajstić information content (AvgIpc) is 2.80. The van der Waals surface area contributed by atoms with Crippen LogP contribution in [0.1, 0.15) is 31.1 Å². The number of hydrogen-bond donors (Lipinski definition) is 2. The molecule has 0 saturated heterocycles. The number of amides is 1. The maximum absolute atomic E-state index is 13.1. The van der Waals surface area contributed by atoms with E-state index in [1.165, 1.54) is 25.4 Å². The molecule has 2 aromatic carbocycles. The fourth-order valence-corrected chi connectivity index (χ4v) is 4.24. The first-order chi connectivity index (χ1) is 16.2. The van der Waals surface area contributed by atoms with Gasteiger partial charge < -0.3 is 19.5 Å². The van der Waals surface area contributed by atoms with Crippen LogP contribution in [-0.2, 0) is 10.0 Å². The van der Waals surface area contributed by atoms with Crippen molar-refractivity contribution in [3.05, 3.63) is 66.4 Å². The maximum atomic E-state index is 13.1. The van der Waals surface area contributed by atoms with Crippen LogP contribution in [0.2, 0.25) is 0 Å². The summed E-state index contributed by atoms with van der Waals surface area (Å²) in [4.78, 5) is 16.6. The number of benzene rings is 2. The molecule has 3 aromatic rings. The number of hydrogen-bond acceptors (Lipinski definition) is 7. The van der Waals surface area contributed by atoms with Gasteiger partial charge in [-0.2, -0.15) is 0 Å². The van der Waals surface area contributed by atoms with Crippen molar-refractivity contribution >= 4 is 27.3 Å². The van der Waals surface area contributed by atoms with Gasteiger partial charge in [-0.25, -0.2) is 13.4 Å². The van der Waals surface area contributed by atoms with E-state index in [-0.39, 0.29) is 22.4 Å². The average molecular weight is 486 g/mol. The molecule has 0 aliphatic heterocycles. The topological polar surface area (TPSA) is 116 Å². The van der Waals surface area contributed by atoms with Crippen molar-refractivity contribution in [3.8, 4) is 17.4 Å². The molecule has 1 amide bonds. The van der Waals surface area contributed by atoms with Crippen molar-refractivity contribution in [2.75, 3.05) is 23.8 Å². The van der Waals surface area contributed by atoms with Gasteiger partial charge in [-0.1, -0.05) is 0 Å². The number of anilines is 2. The van der Waals surface area contributed by atoms with Crippen LogP contribution in [0, 0.1) is 0 Å². The Bertz CT molecular complexity index is 1230. The lowest BCUT2D eigenvalue weighted by atomic mass is 10.2. The molecular formula is C24H27N3O6S. The SMILES string of the molecule is CCOc1ccc(NS(=O)(=O)c2cc(NC(=O)c3ccc(OC(C)C)nc3)ccc2OC)cc1. The third kappa shape index (κ3) is 6.38. The first-order valence-corrected chi connectivity index (χ1v) is 12.1. The Balaban J connectivity index is 1.80. The molecule has 0 aliphatic carbocycles. The van der Waals surface area contributed by atoms with Crippen LogP contribution in [-0.4, -0.2) is 39.1 Å². The minimum absolute atomic E-state index is 0.0388. The zero-order valence-electron chi connectivity index (χ0n) is 19.4. The van der Waals surface area contributed by atoms with Gasteiger partial charge in [0.05, 0.1) is 25.4 Å². The normalized spacial score (nSPS) is 11.1. The second-order valence-corrected chi connectivity index (χ2v) is 9.09. The van der Waals surface area contributed by atoms with Gasteiger partial charge in [0.1, 0.15) is 16.4 Å². The molecule has 3 rings (SSSR count). The molecule has 0 bridgehead atoms. The second kappa shape index (κ2) is 10.9. The van der Waals surface area contributed by atoms with Gasteiger partial charge in [-0.15, -0.1) is 0 Å². The zero-order valence-corrected chi connectivity index (χ0v) is 20.2. The van der Waals surface area contributed by atoms with Crippen molar-refractivity contribution in [2.24, 2.45) is 0 Å². The Labute approximate surface area is 199 Å². The summed E-state index contributed by atoms with van der Waals surface area (Å²) in [5.41, 5.74) is 0.930. The quantitative estimate of drug-likeness (QED) is 0.439. The minimum Gasteiger partial charge on any atom is -0.495 e. The molecular weight excluding hydrogens is 458 g/mol. The minimum atomic E-state index is -4.02. The van der Waals surface area contributed by atoms with E-state index in [1.807, 2.05) is 20.8 Å². The predicted octanol–water partition coefficient (Wildman–Crippen LogP) is 4.33. The molecule has 0 atom stereocenters. The lowest BCUT2D eigenvalue weighted by Gasteiger charge is -2.14. The van der Waals surface area contributed by atoms with E-state index < -0.39 is 15.9 Å². The predicted molar refractivity (Wildman–Crippen MR) is 129 cm³/mol. The highest BCUT2D eigenvalue weighted by Crippen LogP contribution is 2.29. The van der Waals surface area contributed by atoms with E-state index in [1.54, 1.807) is 42.5 Å². The number of pyridine rings is 1. The monoisotopic (exact) mass is 485 g/mol. The van der Waals surface area contributed by atoms with Crippen molar-refractivity contribution < 1.29 is 27.4 Å². The molecule has 0 saturated carbocycles. The molecule has 9 nitrogen and oxygen atoms in total. The number of sulfonamides is 1. The summed E-state index contributed by atoms with van der Waals surface area (Å²) in [6.07, 6.45) is 1.35. The maximum Gasteiger partial charge on any atom is 0.265 e. The van der Waals surface area contributed by atoms with Gasteiger partial charge in [0.25, 0.3) is 15.9 Å². The fraction of sp³-hybridized carbons (Fsp3) is 0.250. The number of ether oxygens (including phenoxy) is 3. The Morgan fingerprint density at radius 2 is 1.74 bits per heavy atom. The van der Waals surface area contributed by atoms with Crippen LogP contribution in [0.25, 0.3) is 0 Å². The van der Waals surface area contributed by atoms with Crippen LogP contribution in [0.15, 0.2) is 65.7 Å². The highest BCUT2D eigenvalue weighted by Gasteiger charge is 2.21. The van der Waals surface area contributed by atoms with Gasteiger partial charge in [0, 0.05) is 23.6 Å². The highest BCUT2D eigenvalue weighted by atomic mass is 32.2. The number of nitrogens with one attached hydrogen (secondary N) is 2. The molecule has 1 heterocycles. The van der Waals surface area contributed by atoms with Crippen molar-refractivity contribution in [1.82, 2.24) is 4.98 Å². The van der Waals surface area contributed by atoms with Gasteiger partial charge in [-0.3, -0.25) is 9.52 Å². The first kappa shape index (κ1) is 24.8. The van der Waals surface area contributed by atoms with Crippen LogP contribution in [0.3, 0.4) is 0 Å². The molecule has 180 valence electrons. The number of nitrogens with zero attached hydrogens (tertiary/aromatic N) is 1. The van der Waals surface area contributed by atoms with Crippen LogP contribution in [0.5, 0.6) is 17.4 Å². The summed E-state index contributed by atoms with van der Waals surface area (Å²) in [6.45, 7) is 6.12. The molecule has 0 radical (unpaired) electrons. The number of carbonyl (C=O) groups excluding carboxylic acids is 1. The Morgan fingerprint density at radius 1 is 1.03 bits per heavy atom. The van der Waals surface area contributed by atoms with E-state index in [9.17, 15) is 13.2 Å². The lowest BCUT2D eigenvalue weighted by molar-refractivity contribution is 0.102. The van der Waals surface area contributed by atoms with Gasteiger partial charge in [-0.05, 0) is 69.3 Å². The lowest BCUT2D eigenvalue weighted by Crippen LogP contribution is -2.16. The van der Waals surface area contributed by atoms with E-state index in [4.69, 9.17) is 14.2 Å². The number of rotatable bonds is 10. The Kier molecular flexibility index (Phi) is 7.95. The second-order valence-electron chi connectivity index (χ2n) is 7.43. The summed E-state index contributed by atoms with van der Waals surface area (Å²) in [5, 5.41) is 2.68. The van der Waals surface area contributed by atoms with Crippen molar-refractivity contribution in [1.29, 1.82) is 0 Å². The summed E-state index contributed by atoms with van der Waals surface area (Å²) < 4.78 is 44.7. The van der Waals surface area contributed by atoms with E-state index >= 15 is 0 Å². The summed E-state index contributed by atoms with van der Waals surface area (Å²) in [5.74, 6) is 0.723. The van der Waals surface area contributed by atoms with E-state index in [0.717, 1.165) is 0 Å². The van der Waals surface area contributed by atoms with Gasteiger partial charge >= 0.3 is 0 Å². The smallest absolute Gasteiger partial charge is 0.265 e. The van der Waals surface area contributed by atoms with Gasteiger partial charge in [0.2, 0.25) is 5.88 Å². The first-order valence-electron chi connectivity index (χ1n) is 10.6. The van der Waals surface area contributed by atoms with E-state index in [2.05, 4.69) is 15.0 Å². The van der Waals surface area contributed by atoms with Crippen LogP contribution < -0.4 is 24.2 Å². The highest BCUT2D eigenvalue weighted by molar-refractivity contribution is 7.92. The fourth-order valence-electron chi connectivity index (χ4n) is 2.99. The summed E-state index contributed by atoms with van der Waals surface area (Å²) in [7, 11) is -2.65. The molecule has 34 heavy (non-hydrogen) atoms. The number of methoxy groups -OCH3 is 1. The van der Waals surface area contributed by atoms with Gasteiger partial charge in [0.15, 0.2) is 0 Å². The summed E-state index contributed by atoms with van der Waals surface area (Å²) in [6, 6.07) is 14.1. The van der Waals surface area contributed by atoms with Crippen LogP contribution >= 0.6 is 0 Å². The van der Waals surface area contributed by atoms with E-state index in [0.29, 0.717) is 29.5 Å². The molecule has 0 fully saturated rings. The Morgan fingerprint density at radius 3 is 2.32 bits per heavy atom. The molecule has 0 unspecified atom stereocenters. The molecule has 0 aliphatic rings. The van der Waals surface area contributed by atoms with Crippen molar-refractivity contribution in [3.63, 3.8) is 0 Å². The zero-order chi connectivity index (χ0) is 24.7. The molecule has 0 spiro atoms.